The van der Waals surface area contributed by atoms with Gasteiger partial charge >= 0.3 is 0 Å². The van der Waals surface area contributed by atoms with Gasteiger partial charge in [0.25, 0.3) is 11.8 Å². The predicted octanol–water partition coefficient (Wildman–Crippen LogP) is 3.78. The summed E-state index contributed by atoms with van der Waals surface area (Å²) in [6.45, 7) is 0. The van der Waals surface area contributed by atoms with Crippen molar-refractivity contribution in [3.05, 3.63) is 49.6 Å². The highest BCUT2D eigenvalue weighted by atomic mass is 79.9. The molecule has 0 radical (unpaired) electrons. The molecular weight excluding hydrogens is 364 g/mol. The minimum Gasteiger partial charge on any atom is -0.355 e. The van der Waals surface area contributed by atoms with Gasteiger partial charge in [0, 0.05) is 17.2 Å². The zero-order valence-electron chi connectivity index (χ0n) is 10.4. The maximum atomic E-state index is 12.1. The van der Waals surface area contributed by atoms with Gasteiger partial charge in [0.2, 0.25) is 0 Å². The van der Waals surface area contributed by atoms with Crippen LogP contribution in [-0.4, -0.2) is 18.9 Å². The summed E-state index contributed by atoms with van der Waals surface area (Å²) in [5, 5.41) is 7.38. The number of thiophene rings is 1. The molecule has 2 amide bonds. The van der Waals surface area contributed by atoms with Crippen LogP contribution in [0.2, 0.25) is 5.02 Å². The van der Waals surface area contributed by atoms with Crippen molar-refractivity contribution in [2.24, 2.45) is 0 Å². The van der Waals surface area contributed by atoms with Crippen LogP contribution in [0.4, 0.5) is 5.69 Å². The van der Waals surface area contributed by atoms with E-state index in [0.29, 0.717) is 21.2 Å². The second kappa shape index (κ2) is 6.39. The van der Waals surface area contributed by atoms with Gasteiger partial charge in [-0.25, -0.2) is 0 Å². The lowest BCUT2D eigenvalue weighted by molar-refractivity contribution is 0.0961. The molecule has 1 heterocycles. The van der Waals surface area contributed by atoms with Gasteiger partial charge in [0.15, 0.2) is 0 Å². The van der Waals surface area contributed by atoms with Crippen molar-refractivity contribution in [3.8, 4) is 0 Å². The summed E-state index contributed by atoms with van der Waals surface area (Å²) >= 11 is 10.6. The third-order valence-electron chi connectivity index (χ3n) is 2.52. The average molecular weight is 374 g/mol. The van der Waals surface area contributed by atoms with Crippen LogP contribution in [0.3, 0.4) is 0 Å². The smallest absolute Gasteiger partial charge is 0.266 e. The maximum Gasteiger partial charge on any atom is 0.266 e. The van der Waals surface area contributed by atoms with Crippen molar-refractivity contribution < 1.29 is 9.59 Å². The van der Waals surface area contributed by atoms with Crippen LogP contribution >= 0.6 is 38.9 Å². The number of hydrogen-bond donors (Lipinski definition) is 2. The second-order valence-electron chi connectivity index (χ2n) is 3.83. The van der Waals surface area contributed by atoms with Crippen LogP contribution in [0.5, 0.6) is 0 Å². The van der Waals surface area contributed by atoms with Gasteiger partial charge in [-0.05, 0) is 45.6 Å². The van der Waals surface area contributed by atoms with E-state index in [1.165, 1.54) is 18.4 Å². The summed E-state index contributed by atoms with van der Waals surface area (Å²) in [7, 11) is 1.52. The first kappa shape index (κ1) is 15.0. The highest BCUT2D eigenvalue weighted by molar-refractivity contribution is 9.10. The van der Waals surface area contributed by atoms with Crippen molar-refractivity contribution >= 4 is 56.4 Å². The third-order valence-corrected chi connectivity index (χ3v) is 4.69. The molecule has 2 aromatic rings. The molecule has 0 saturated carbocycles. The van der Waals surface area contributed by atoms with E-state index in [-0.39, 0.29) is 11.8 Å². The van der Waals surface area contributed by atoms with Crippen LogP contribution in [-0.2, 0) is 0 Å². The molecule has 20 heavy (non-hydrogen) atoms. The number of carbonyl (C=O) groups is 2. The highest BCUT2D eigenvalue weighted by Crippen LogP contribution is 2.25. The maximum absolute atomic E-state index is 12.1. The van der Waals surface area contributed by atoms with Crippen molar-refractivity contribution in [3.63, 3.8) is 0 Å². The quantitative estimate of drug-likeness (QED) is 0.860. The van der Waals surface area contributed by atoms with Gasteiger partial charge in [-0.15, -0.1) is 11.3 Å². The number of rotatable bonds is 3. The van der Waals surface area contributed by atoms with E-state index in [1.54, 1.807) is 24.3 Å². The molecule has 1 aromatic carbocycles. The molecule has 0 aliphatic heterocycles. The molecule has 2 N–H and O–H groups in total. The lowest BCUT2D eigenvalue weighted by Gasteiger charge is -2.08. The molecule has 4 nitrogen and oxygen atoms in total. The Kier molecular flexibility index (Phi) is 4.80. The average Bonchev–Trinajstić information content (AvgIpc) is 2.86. The Morgan fingerprint density at radius 1 is 1.25 bits per heavy atom. The molecule has 0 spiro atoms. The van der Waals surface area contributed by atoms with Crippen molar-refractivity contribution in [2.75, 3.05) is 12.4 Å². The molecule has 0 aliphatic rings. The van der Waals surface area contributed by atoms with Crippen molar-refractivity contribution in [1.82, 2.24) is 5.32 Å². The summed E-state index contributed by atoms with van der Waals surface area (Å²) in [4.78, 5) is 24.3. The number of benzene rings is 1. The molecule has 0 unspecified atom stereocenters. The van der Waals surface area contributed by atoms with E-state index in [0.717, 1.165) is 4.47 Å². The molecule has 7 heteroatoms. The van der Waals surface area contributed by atoms with E-state index in [4.69, 9.17) is 11.6 Å². The van der Waals surface area contributed by atoms with E-state index in [1.807, 2.05) is 5.38 Å². The standard InChI is InChI=1S/C13H10BrClN2O2S/c1-16-12(18)8-6-7(2-3-10(8)15)17-13(19)11-9(14)4-5-20-11/h2-6H,1H3,(H,16,18)(H,17,19). The summed E-state index contributed by atoms with van der Waals surface area (Å²) in [6.07, 6.45) is 0. The Morgan fingerprint density at radius 3 is 2.60 bits per heavy atom. The highest BCUT2D eigenvalue weighted by Gasteiger charge is 2.14. The largest absolute Gasteiger partial charge is 0.355 e. The topological polar surface area (TPSA) is 58.2 Å². The second-order valence-corrected chi connectivity index (χ2v) is 6.00. The molecule has 0 atom stereocenters. The zero-order valence-corrected chi connectivity index (χ0v) is 13.5. The SMILES string of the molecule is CNC(=O)c1cc(NC(=O)c2sccc2Br)ccc1Cl. The fourth-order valence-corrected chi connectivity index (χ4v) is 3.21. The van der Waals surface area contributed by atoms with Crippen molar-refractivity contribution in [1.29, 1.82) is 0 Å². The molecule has 0 saturated heterocycles. The third kappa shape index (κ3) is 3.20. The first-order chi connectivity index (χ1) is 9.52. The summed E-state index contributed by atoms with van der Waals surface area (Å²) in [5.74, 6) is -0.541. The monoisotopic (exact) mass is 372 g/mol. The van der Waals surface area contributed by atoms with Crippen LogP contribution in [0.25, 0.3) is 0 Å². The van der Waals surface area contributed by atoms with Gasteiger partial charge in [-0.1, -0.05) is 11.6 Å². The van der Waals surface area contributed by atoms with Crippen molar-refractivity contribution in [2.45, 2.75) is 0 Å². The fourth-order valence-electron chi connectivity index (χ4n) is 1.56. The first-order valence-electron chi connectivity index (χ1n) is 5.59. The first-order valence-corrected chi connectivity index (χ1v) is 7.64. The van der Waals surface area contributed by atoms with Gasteiger partial charge in [0.05, 0.1) is 10.6 Å². The number of anilines is 1. The normalized spacial score (nSPS) is 10.2. The Labute approximate surface area is 133 Å². The van der Waals surface area contributed by atoms with Gasteiger partial charge in [-0.3, -0.25) is 9.59 Å². The number of carbonyl (C=O) groups excluding carboxylic acids is 2. The molecule has 0 fully saturated rings. The molecule has 2 rings (SSSR count). The predicted molar refractivity (Wildman–Crippen MR) is 84.8 cm³/mol. The Morgan fingerprint density at radius 2 is 2.00 bits per heavy atom. The van der Waals surface area contributed by atoms with Gasteiger partial charge < -0.3 is 10.6 Å². The van der Waals surface area contributed by atoms with Crippen LogP contribution < -0.4 is 10.6 Å². The van der Waals surface area contributed by atoms with Crippen LogP contribution in [0.15, 0.2) is 34.1 Å². The zero-order chi connectivity index (χ0) is 14.7. The van der Waals surface area contributed by atoms with E-state index in [9.17, 15) is 9.59 Å². The molecule has 104 valence electrons. The number of amides is 2. The minimum absolute atomic E-state index is 0.239. The summed E-state index contributed by atoms with van der Waals surface area (Å²) < 4.78 is 0.737. The lowest BCUT2D eigenvalue weighted by Crippen LogP contribution is -2.19. The van der Waals surface area contributed by atoms with Gasteiger partial charge in [-0.2, -0.15) is 0 Å². The number of halogens is 2. The van der Waals surface area contributed by atoms with E-state index < -0.39 is 0 Å². The van der Waals surface area contributed by atoms with E-state index in [2.05, 4.69) is 26.6 Å². The van der Waals surface area contributed by atoms with E-state index >= 15 is 0 Å². The fraction of sp³-hybridized carbons (Fsp3) is 0.0769. The summed E-state index contributed by atoms with van der Waals surface area (Å²) in [6, 6.07) is 6.57. The van der Waals surface area contributed by atoms with Gasteiger partial charge in [0.1, 0.15) is 4.88 Å². The molecule has 1 aromatic heterocycles. The molecule has 0 bridgehead atoms. The Bertz CT molecular complexity index is 672. The number of nitrogens with one attached hydrogen (secondary N) is 2. The Balaban J connectivity index is 2.24. The lowest BCUT2D eigenvalue weighted by atomic mass is 10.2. The summed E-state index contributed by atoms with van der Waals surface area (Å²) in [5.41, 5.74) is 0.829. The number of hydrogen-bond acceptors (Lipinski definition) is 3. The molecule has 0 aliphatic carbocycles. The van der Waals surface area contributed by atoms with Crippen LogP contribution in [0, 0.1) is 0 Å². The Hall–Kier alpha value is -1.37. The van der Waals surface area contributed by atoms with Crippen LogP contribution in [0.1, 0.15) is 20.0 Å². The molecular formula is C13H10BrClN2O2S. The minimum atomic E-state index is -0.302.